The van der Waals surface area contributed by atoms with Gasteiger partial charge in [-0.25, -0.2) is 0 Å². The predicted molar refractivity (Wildman–Crippen MR) is 82.9 cm³/mol. The van der Waals surface area contributed by atoms with Crippen LogP contribution in [0, 0.1) is 16.7 Å². The van der Waals surface area contributed by atoms with Crippen molar-refractivity contribution < 1.29 is 4.74 Å². The first kappa shape index (κ1) is 13.9. The Morgan fingerprint density at radius 3 is 2.70 bits per heavy atom. The van der Waals surface area contributed by atoms with Crippen LogP contribution >= 0.6 is 0 Å². The van der Waals surface area contributed by atoms with Gasteiger partial charge < -0.3 is 10.1 Å². The Morgan fingerprint density at radius 1 is 1.30 bits per heavy atom. The van der Waals surface area contributed by atoms with Gasteiger partial charge in [-0.15, -0.1) is 0 Å². The first-order valence-electron chi connectivity index (χ1n) is 7.84. The van der Waals surface area contributed by atoms with Crippen molar-refractivity contribution in [1.82, 2.24) is 5.32 Å². The van der Waals surface area contributed by atoms with Gasteiger partial charge in [0.1, 0.15) is 5.75 Å². The fourth-order valence-corrected chi connectivity index (χ4v) is 4.54. The molecule has 0 amide bonds. The topological polar surface area (TPSA) is 21.3 Å². The van der Waals surface area contributed by atoms with Crippen molar-refractivity contribution in [3.63, 3.8) is 0 Å². The molecular weight excluding hydrogens is 246 g/mol. The zero-order chi connectivity index (χ0) is 14.4. The second-order valence-corrected chi connectivity index (χ2v) is 7.40. The molecule has 0 radical (unpaired) electrons. The Morgan fingerprint density at radius 2 is 2.10 bits per heavy atom. The number of hydrogen-bond donors (Lipinski definition) is 1. The largest absolute Gasteiger partial charge is 0.497 e. The number of benzene rings is 1. The summed E-state index contributed by atoms with van der Waals surface area (Å²) in [5.74, 6) is 1.85. The van der Waals surface area contributed by atoms with Crippen LogP contribution in [0.2, 0.25) is 0 Å². The molecule has 3 unspecified atom stereocenters. The molecular formula is C18H27NO. The first-order chi connectivity index (χ1) is 9.47. The maximum Gasteiger partial charge on any atom is 0.119 e. The van der Waals surface area contributed by atoms with Gasteiger partial charge >= 0.3 is 0 Å². The monoisotopic (exact) mass is 273 g/mol. The molecule has 110 valence electrons. The molecule has 20 heavy (non-hydrogen) atoms. The van der Waals surface area contributed by atoms with E-state index in [4.69, 9.17) is 4.74 Å². The van der Waals surface area contributed by atoms with Gasteiger partial charge in [0.2, 0.25) is 0 Å². The minimum atomic E-state index is 0.455. The number of fused-ring (bicyclic) bond motifs is 2. The Bertz CT molecular complexity index is 496. The van der Waals surface area contributed by atoms with Gasteiger partial charge in [0.25, 0.3) is 0 Å². The molecule has 3 rings (SSSR count). The summed E-state index contributed by atoms with van der Waals surface area (Å²) in [5.41, 5.74) is 2.25. The second kappa shape index (κ2) is 4.77. The van der Waals surface area contributed by atoms with Crippen LogP contribution < -0.4 is 10.1 Å². The zero-order valence-corrected chi connectivity index (χ0v) is 13.2. The quantitative estimate of drug-likeness (QED) is 0.895. The van der Waals surface area contributed by atoms with Crippen molar-refractivity contribution in [2.75, 3.05) is 7.11 Å². The van der Waals surface area contributed by atoms with E-state index in [2.05, 4.69) is 44.3 Å². The molecule has 0 heterocycles. The molecule has 2 nitrogen and oxygen atoms in total. The molecule has 2 aliphatic carbocycles. The van der Waals surface area contributed by atoms with Crippen LogP contribution in [0.1, 0.15) is 45.6 Å². The van der Waals surface area contributed by atoms with E-state index in [-0.39, 0.29) is 0 Å². The third-order valence-corrected chi connectivity index (χ3v) is 6.48. The summed E-state index contributed by atoms with van der Waals surface area (Å²) < 4.78 is 5.30. The van der Waals surface area contributed by atoms with Crippen LogP contribution in [0.3, 0.4) is 0 Å². The van der Waals surface area contributed by atoms with Gasteiger partial charge in [-0.2, -0.15) is 0 Å². The van der Waals surface area contributed by atoms with Crippen molar-refractivity contribution in [3.8, 4) is 5.75 Å². The average molecular weight is 273 g/mol. The molecule has 2 aliphatic rings. The fourth-order valence-electron chi connectivity index (χ4n) is 4.54. The number of hydrogen-bond acceptors (Lipinski definition) is 2. The van der Waals surface area contributed by atoms with Crippen molar-refractivity contribution in [1.29, 1.82) is 0 Å². The SMILES string of the molecule is COc1cccc(CNC2CC3CCC2(C)C3(C)C)c1. The van der Waals surface area contributed by atoms with E-state index in [1.165, 1.54) is 24.8 Å². The molecule has 2 heteroatoms. The number of methoxy groups -OCH3 is 1. The van der Waals surface area contributed by atoms with Crippen LogP contribution in [-0.2, 0) is 6.54 Å². The van der Waals surface area contributed by atoms with Gasteiger partial charge in [-0.3, -0.25) is 0 Å². The lowest BCUT2D eigenvalue weighted by molar-refractivity contribution is 0.120. The molecule has 0 aliphatic heterocycles. The normalized spacial score (nSPS) is 34.4. The number of rotatable bonds is 4. The third-order valence-electron chi connectivity index (χ3n) is 6.48. The Labute approximate surface area is 122 Å². The minimum absolute atomic E-state index is 0.455. The summed E-state index contributed by atoms with van der Waals surface area (Å²) in [6.07, 6.45) is 4.13. The molecule has 1 aromatic carbocycles. The molecule has 2 fully saturated rings. The van der Waals surface area contributed by atoms with E-state index in [9.17, 15) is 0 Å². The highest BCUT2D eigenvalue weighted by Gasteiger charge is 2.60. The Kier molecular flexibility index (Phi) is 3.32. The maximum atomic E-state index is 5.30. The van der Waals surface area contributed by atoms with E-state index >= 15 is 0 Å². The fraction of sp³-hybridized carbons (Fsp3) is 0.667. The molecule has 2 saturated carbocycles. The van der Waals surface area contributed by atoms with E-state index in [1.54, 1.807) is 7.11 Å². The average Bonchev–Trinajstić information content (AvgIpc) is 2.78. The lowest BCUT2D eigenvalue weighted by Gasteiger charge is -2.39. The van der Waals surface area contributed by atoms with Crippen molar-refractivity contribution in [3.05, 3.63) is 29.8 Å². The van der Waals surface area contributed by atoms with Crippen molar-refractivity contribution >= 4 is 0 Å². The van der Waals surface area contributed by atoms with Crippen LogP contribution in [0.5, 0.6) is 5.75 Å². The lowest BCUT2D eigenvalue weighted by Crippen LogP contribution is -2.44. The smallest absolute Gasteiger partial charge is 0.119 e. The molecule has 3 atom stereocenters. The molecule has 0 aromatic heterocycles. The maximum absolute atomic E-state index is 5.30. The van der Waals surface area contributed by atoms with E-state index in [1.807, 2.05) is 6.07 Å². The Hall–Kier alpha value is -1.02. The lowest BCUT2D eigenvalue weighted by atomic mass is 9.69. The van der Waals surface area contributed by atoms with Crippen LogP contribution in [0.4, 0.5) is 0 Å². The summed E-state index contributed by atoms with van der Waals surface area (Å²) in [4.78, 5) is 0. The molecule has 0 saturated heterocycles. The van der Waals surface area contributed by atoms with Crippen molar-refractivity contribution in [2.45, 2.75) is 52.6 Å². The van der Waals surface area contributed by atoms with Crippen LogP contribution in [-0.4, -0.2) is 13.2 Å². The third kappa shape index (κ3) is 1.96. The highest BCUT2D eigenvalue weighted by molar-refractivity contribution is 5.28. The summed E-state index contributed by atoms with van der Waals surface area (Å²) in [6, 6.07) is 9.04. The minimum Gasteiger partial charge on any atom is -0.497 e. The van der Waals surface area contributed by atoms with Gasteiger partial charge in [0, 0.05) is 12.6 Å². The van der Waals surface area contributed by atoms with Crippen molar-refractivity contribution in [2.24, 2.45) is 16.7 Å². The number of ether oxygens (including phenoxy) is 1. The first-order valence-corrected chi connectivity index (χ1v) is 7.84. The summed E-state index contributed by atoms with van der Waals surface area (Å²) in [6.45, 7) is 8.37. The molecule has 2 bridgehead atoms. The van der Waals surface area contributed by atoms with Gasteiger partial charge in [0.05, 0.1) is 7.11 Å². The summed E-state index contributed by atoms with van der Waals surface area (Å²) >= 11 is 0. The second-order valence-electron chi connectivity index (χ2n) is 7.40. The predicted octanol–water partition coefficient (Wildman–Crippen LogP) is 4.00. The molecule has 0 spiro atoms. The molecule has 1 N–H and O–H groups in total. The van der Waals surface area contributed by atoms with Gasteiger partial charge in [-0.1, -0.05) is 32.9 Å². The molecule has 1 aromatic rings. The van der Waals surface area contributed by atoms with Crippen LogP contribution in [0.25, 0.3) is 0 Å². The van der Waals surface area contributed by atoms with E-state index < -0.39 is 0 Å². The zero-order valence-electron chi connectivity index (χ0n) is 13.2. The Balaban J connectivity index is 1.68. The summed E-state index contributed by atoms with van der Waals surface area (Å²) in [5, 5.41) is 3.82. The highest BCUT2D eigenvalue weighted by atomic mass is 16.5. The summed E-state index contributed by atoms with van der Waals surface area (Å²) in [7, 11) is 1.73. The van der Waals surface area contributed by atoms with Gasteiger partial charge in [0.15, 0.2) is 0 Å². The highest BCUT2D eigenvalue weighted by Crippen LogP contribution is 2.65. The van der Waals surface area contributed by atoms with E-state index in [0.29, 0.717) is 16.9 Å². The standard InChI is InChI=1S/C18H27NO/c1-17(2)14-8-9-18(17,3)16(11-14)19-12-13-6-5-7-15(10-13)20-4/h5-7,10,14,16,19H,8-9,11-12H2,1-4H3. The number of nitrogens with one attached hydrogen (secondary N) is 1. The van der Waals surface area contributed by atoms with Gasteiger partial charge in [-0.05, 0) is 53.7 Å². The van der Waals surface area contributed by atoms with E-state index in [0.717, 1.165) is 18.2 Å². The van der Waals surface area contributed by atoms with Crippen LogP contribution in [0.15, 0.2) is 24.3 Å².